The molecule has 0 rings (SSSR count). The zero-order valence-corrected chi connectivity index (χ0v) is 5.56. The Hall–Kier alpha value is 0.880. The third kappa shape index (κ3) is 52.3. The van der Waals surface area contributed by atoms with Crippen LogP contribution in [0, 0.1) is 0 Å². The minimum Gasteiger partial charge on any atom is -0.857 e. The fourth-order valence-corrected chi connectivity index (χ4v) is 0. The number of hydrogen-bond acceptors (Lipinski definition) is 3. The van der Waals surface area contributed by atoms with E-state index in [-0.39, 0.29) is 29.6 Å². The topological polar surface area (TPSA) is 75.1 Å². The van der Waals surface area contributed by atoms with Gasteiger partial charge in [-0.15, -0.1) is 0 Å². The summed E-state index contributed by atoms with van der Waals surface area (Å²) >= 11 is 0. The second-order valence-electron chi connectivity index (χ2n) is 0. The first kappa shape index (κ1) is 16.9. The molecule has 0 radical (unpaired) electrons. The SMILES string of the molecule is C[O-].NN.[Na+]. The van der Waals surface area contributed by atoms with Gasteiger partial charge < -0.3 is 5.11 Å². The zero-order chi connectivity index (χ0) is 4.00. The van der Waals surface area contributed by atoms with Gasteiger partial charge in [-0.1, -0.05) is 0 Å². The maximum Gasteiger partial charge on any atom is 1.00 e. The van der Waals surface area contributed by atoms with Crippen LogP contribution in [-0.4, -0.2) is 7.11 Å². The van der Waals surface area contributed by atoms with Crippen molar-refractivity contribution in [1.82, 2.24) is 0 Å². The average Bonchev–Trinajstić information content (AvgIpc) is 1.50. The van der Waals surface area contributed by atoms with Gasteiger partial charge in [-0.2, -0.15) is 7.11 Å². The van der Waals surface area contributed by atoms with E-state index < -0.39 is 0 Å². The van der Waals surface area contributed by atoms with Crippen LogP contribution in [0.1, 0.15) is 0 Å². The molecule has 4 N–H and O–H groups in total. The third-order valence-electron chi connectivity index (χ3n) is 0. The molecule has 28 valence electrons. The van der Waals surface area contributed by atoms with Gasteiger partial charge in [0.25, 0.3) is 0 Å². The van der Waals surface area contributed by atoms with Crippen LogP contribution in [0.2, 0.25) is 0 Å². The Kier molecular flexibility index (Phi) is 320. The fraction of sp³-hybridized carbons (Fsp3) is 1.00. The molecule has 0 spiro atoms. The summed E-state index contributed by atoms with van der Waals surface area (Å²) in [6, 6.07) is 0. The summed E-state index contributed by atoms with van der Waals surface area (Å²) in [4.78, 5) is 0. The zero-order valence-electron chi connectivity index (χ0n) is 3.56. The quantitative estimate of drug-likeness (QED) is 0.176. The molecular formula is CH7N2NaO. The number of rotatable bonds is 0. The molecule has 0 fully saturated rings. The van der Waals surface area contributed by atoms with E-state index in [1.807, 2.05) is 0 Å². The number of hydrazine groups is 1. The van der Waals surface area contributed by atoms with Crippen molar-refractivity contribution in [2.45, 2.75) is 0 Å². The van der Waals surface area contributed by atoms with Gasteiger partial charge in [0.2, 0.25) is 0 Å². The Labute approximate surface area is 53.6 Å². The maximum atomic E-state index is 8.25. The Morgan fingerprint density at radius 2 is 1.20 bits per heavy atom. The molecule has 5 heavy (non-hydrogen) atoms. The van der Waals surface area contributed by atoms with E-state index in [2.05, 4.69) is 11.7 Å². The van der Waals surface area contributed by atoms with Crippen LogP contribution in [0.25, 0.3) is 0 Å². The first-order chi connectivity index (χ1) is 2.00. The molecule has 0 aliphatic rings. The molecule has 0 bridgehead atoms. The molecule has 0 aliphatic heterocycles. The van der Waals surface area contributed by atoms with E-state index >= 15 is 0 Å². The second kappa shape index (κ2) is 94.9. The molecule has 0 atom stereocenters. The van der Waals surface area contributed by atoms with E-state index in [0.29, 0.717) is 0 Å². The third-order valence-corrected chi connectivity index (χ3v) is 0. The van der Waals surface area contributed by atoms with E-state index in [0.717, 1.165) is 7.11 Å². The molecule has 0 aliphatic carbocycles. The maximum absolute atomic E-state index is 8.25. The van der Waals surface area contributed by atoms with Crippen molar-refractivity contribution in [3.63, 3.8) is 0 Å². The van der Waals surface area contributed by atoms with Crippen LogP contribution in [0.5, 0.6) is 0 Å². The van der Waals surface area contributed by atoms with Crippen LogP contribution < -0.4 is 46.3 Å². The van der Waals surface area contributed by atoms with Crippen LogP contribution in [0.15, 0.2) is 0 Å². The molecule has 0 aromatic carbocycles. The molecule has 0 amide bonds. The van der Waals surface area contributed by atoms with Crippen molar-refractivity contribution < 1.29 is 34.7 Å². The van der Waals surface area contributed by atoms with Gasteiger partial charge in [0.05, 0.1) is 0 Å². The number of hydrogen-bond donors (Lipinski definition) is 2. The van der Waals surface area contributed by atoms with E-state index in [1.54, 1.807) is 0 Å². The first-order valence-corrected chi connectivity index (χ1v) is 0.742. The smallest absolute Gasteiger partial charge is 0.857 e. The normalized spacial score (nSPS) is 2.40. The molecular weight excluding hydrogens is 79.0 g/mol. The molecule has 0 aromatic heterocycles. The monoisotopic (exact) mass is 86.0 g/mol. The van der Waals surface area contributed by atoms with Crippen LogP contribution in [0.4, 0.5) is 0 Å². The van der Waals surface area contributed by atoms with Gasteiger partial charge in [-0.25, -0.2) is 0 Å². The van der Waals surface area contributed by atoms with Crippen molar-refractivity contribution in [3.8, 4) is 0 Å². The Morgan fingerprint density at radius 1 is 1.20 bits per heavy atom. The molecule has 0 saturated carbocycles. The largest absolute Gasteiger partial charge is 1.00 e. The van der Waals surface area contributed by atoms with E-state index in [1.165, 1.54) is 0 Å². The summed E-state index contributed by atoms with van der Waals surface area (Å²) in [5.41, 5.74) is 0. The van der Waals surface area contributed by atoms with Gasteiger partial charge in [0, 0.05) is 0 Å². The van der Waals surface area contributed by atoms with E-state index in [9.17, 15) is 0 Å². The molecule has 4 heteroatoms. The molecule has 0 unspecified atom stereocenters. The molecule has 0 saturated heterocycles. The molecule has 3 nitrogen and oxygen atoms in total. The Balaban J connectivity index is -0.0000000133. The van der Waals surface area contributed by atoms with Crippen LogP contribution in [0.3, 0.4) is 0 Å². The predicted octanol–water partition coefficient (Wildman–Crippen LogP) is -5.20. The van der Waals surface area contributed by atoms with Crippen molar-refractivity contribution >= 4 is 0 Å². The van der Waals surface area contributed by atoms with Crippen molar-refractivity contribution in [2.75, 3.05) is 7.11 Å². The van der Waals surface area contributed by atoms with Gasteiger partial charge in [0.15, 0.2) is 0 Å². The summed E-state index contributed by atoms with van der Waals surface area (Å²) in [7, 11) is 0.750. The van der Waals surface area contributed by atoms with Gasteiger partial charge in [-0.3, -0.25) is 11.7 Å². The van der Waals surface area contributed by atoms with Gasteiger partial charge in [0.1, 0.15) is 0 Å². The predicted molar refractivity (Wildman–Crippen MR) is 14.3 cm³/mol. The second-order valence-corrected chi connectivity index (χ2v) is 0. The summed E-state index contributed by atoms with van der Waals surface area (Å²) < 4.78 is 0. The number of nitrogens with two attached hydrogens (primary N) is 2. The van der Waals surface area contributed by atoms with Crippen molar-refractivity contribution in [3.05, 3.63) is 0 Å². The fourth-order valence-electron chi connectivity index (χ4n) is 0. The molecule has 0 aromatic rings. The minimum atomic E-state index is 0. The van der Waals surface area contributed by atoms with Gasteiger partial charge >= 0.3 is 29.6 Å². The van der Waals surface area contributed by atoms with Crippen molar-refractivity contribution in [1.29, 1.82) is 0 Å². The average molecular weight is 86.1 g/mol. The summed E-state index contributed by atoms with van der Waals surface area (Å²) in [5.74, 6) is 8.00. The standard InChI is InChI=1S/CH3O.H4N2.Na/c2*1-2;/h1H3;1-2H2;/q-1;;+1. The Bertz CT molecular complexity index is 9.61. The Morgan fingerprint density at radius 3 is 1.20 bits per heavy atom. The molecule has 0 heterocycles. The summed E-state index contributed by atoms with van der Waals surface area (Å²) in [6.07, 6.45) is 0. The van der Waals surface area contributed by atoms with Crippen LogP contribution >= 0.6 is 0 Å². The van der Waals surface area contributed by atoms with Crippen LogP contribution in [-0.2, 0) is 0 Å². The minimum absolute atomic E-state index is 0. The van der Waals surface area contributed by atoms with Crippen molar-refractivity contribution in [2.24, 2.45) is 11.7 Å². The summed E-state index contributed by atoms with van der Waals surface area (Å²) in [5, 5.41) is 8.25. The summed E-state index contributed by atoms with van der Waals surface area (Å²) in [6.45, 7) is 0. The van der Waals surface area contributed by atoms with E-state index in [4.69, 9.17) is 5.11 Å². The van der Waals surface area contributed by atoms with Gasteiger partial charge in [-0.05, 0) is 0 Å². The first-order valence-electron chi connectivity index (χ1n) is 0.742.